The lowest BCUT2D eigenvalue weighted by molar-refractivity contribution is 0.342. The van der Waals surface area contributed by atoms with E-state index >= 15 is 0 Å². The summed E-state index contributed by atoms with van der Waals surface area (Å²) in [5.74, 6) is 3.01. The fraction of sp³-hybridized carbons (Fsp3) is 0.538. The summed E-state index contributed by atoms with van der Waals surface area (Å²) in [6, 6.07) is 6.28. The molecule has 0 fully saturated rings. The van der Waals surface area contributed by atoms with Crippen molar-refractivity contribution in [3.8, 4) is 5.75 Å². The molecule has 0 bridgehead atoms. The van der Waals surface area contributed by atoms with Gasteiger partial charge in [-0.25, -0.2) is 0 Å². The van der Waals surface area contributed by atoms with Crippen LogP contribution in [0.15, 0.2) is 18.2 Å². The molecule has 0 aliphatic heterocycles. The lowest BCUT2D eigenvalue weighted by Gasteiger charge is -2.16. The van der Waals surface area contributed by atoms with Gasteiger partial charge < -0.3 is 15.8 Å². The maximum absolute atomic E-state index is 5.83. The third-order valence-corrected chi connectivity index (χ3v) is 3.44. The lowest BCUT2D eigenvalue weighted by Crippen LogP contribution is -2.18. The summed E-state index contributed by atoms with van der Waals surface area (Å²) in [4.78, 5) is 0. The van der Waals surface area contributed by atoms with Gasteiger partial charge in [0.25, 0.3) is 0 Å². The first-order chi connectivity index (χ1) is 8.17. The van der Waals surface area contributed by atoms with Crippen molar-refractivity contribution in [3.05, 3.63) is 18.2 Å². The molecule has 96 valence electrons. The number of nitrogens with one attached hydrogen (secondary N) is 1. The minimum absolute atomic E-state index is 0.443. The van der Waals surface area contributed by atoms with Gasteiger partial charge in [0, 0.05) is 23.5 Å². The summed E-state index contributed by atoms with van der Waals surface area (Å²) < 4.78 is 5.47. The van der Waals surface area contributed by atoms with Crippen LogP contribution in [0.4, 0.5) is 11.4 Å². The minimum atomic E-state index is 0.443. The molecule has 0 aliphatic carbocycles. The van der Waals surface area contributed by atoms with Gasteiger partial charge in [-0.2, -0.15) is 11.8 Å². The molecule has 0 aromatic heterocycles. The lowest BCUT2D eigenvalue weighted by atomic mass is 10.2. The maximum atomic E-state index is 5.83. The molecule has 0 radical (unpaired) electrons. The van der Waals surface area contributed by atoms with Crippen LogP contribution in [0, 0.1) is 0 Å². The third-order valence-electron chi connectivity index (χ3n) is 2.30. The Morgan fingerprint density at radius 2 is 2.18 bits per heavy atom. The fourth-order valence-electron chi connectivity index (χ4n) is 1.53. The van der Waals surface area contributed by atoms with Gasteiger partial charge in [-0.15, -0.1) is 0 Å². The highest BCUT2D eigenvalue weighted by Gasteiger charge is 2.05. The van der Waals surface area contributed by atoms with E-state index in [4.69, 9.17) is 10.5 Å². The molecule has 0 saturated carbocycles. The van der Waals surface area contributed by atoms with Gasteiger partial charge in [0.15, 0.2) is 0 Å². The van der Waals surface area contributed by atoms with Gasteiger partial charge in [-0.1, -0.05) is 6.92 Å². The van der Waals surface area contributed by atoms with Gasteiger partial charge >= 0.3 is 0 Å². The van der Waals surface area contributed by atoms with Crippen molar-refractivity contribution in [1.82, 2.24) is 0 Å². The molecule has 0 saturated heterocycles. The molecule has 1 rings (SSSR count). The summed E-state index contributed by atoms with van der Waals surface area (Å²) in [5, 5.41) is 3.45. The molecule has 0 amide bonds. The number of nitrogens with two attached hydrogens (primary N) is 1. The van der Waals surface area contributed by atoms with Gasteiger partial charge in [0.2, 0.25) is 0 Å². The number of hydrogen-bond donors (Lipinski definition) is 2. The third kappa shape index (κ3) is 4.77. The predicted molar refractivity (Wildman–Crippen MR) is 78.1 cm³/mol. The van der Waals surface area contributed by atoms with Crippen LogP contribution in [-0.2, 0) is 0 Å². The molecule has 4 heteroatoms. The van der Waals surface area contributed by atoms with Crippen LogP contribution in [-0.4, -0.2) is 24.2 Å². The number of ether oxygens (including phenoxy) is 1. The minimum Gasteiger partial charge on any atom is -0.492 e. The number of anilines is 2. The van der Waals surface area contributed by atoms with E-state index in [9.17, 15) is 0 Å². The van der Waals surface area contributed by atoms with E-state index in [0.717, 1.165) is 22.9 Å². The Hall–Kier alpha value is -1.03. The average molecular weight is 254 g/mol. The van der Waals surface area contributed by atoms with E-state index in [1.807, 2.05) is 36.9 Å². The summed E-state index contributed by atoms with van der Waals surface area (Å²) in [6.45, 7) is 6.95. The van der Waals surface area contributed by atoms with Gasteiger partial charge in [-0.05, 0) is 31.7 Å². The molecule has 0 spiro atoms. The molecule has 1 atom stereocenters. The van der Waals surface area contributed by atoms with Gasteiger partial charge in [0.1, 0.15) is 5.75 Å². The second-order valence-electron chi connectivity index (χ2n) is 3.89. The number of hydrogen-bond acceptors (Lipinski definition) is 4. The smallest absolute Gasteiger partial charge is 0.144 e. The zero-order valence-electron chi connectivity index (χ0n) is 10.8. The zero-order valence-corrected chi connectivity index (χ0v) is 11.6. The van der Waals surface area contributed by atoms with Crippen molar-refractivity contribution in [3.63, 3.8) is 0 Å². The summed E-state index contributed by atoms with van der Waals surface area (Å²) >= 11 is 1.93. The largest absolute Gasteiger partial charge is 0.492 e. The Balaban J connectivity index is 2.61. The highest BCUT2D eigenvalue weighted by atomic mass is 32.2. The Bertz CT molecular complexity index is 344. The Kier molecular flexibility index (Phi) is 6.05. The second-order valence-corrected chi connectivity index (χ2v) is 5.21. The molecule has 17 heavy (non-hydrogen) atoms. The second kappa shape index (κ2) is 7.33. The van der Waals surface area contributed by atoms with E-state index in [0.29, 0.717) is 18.3 Å². The molecular formula is C13H22N2OS. The van der Waals surface area contributed by atoms with Crippen molar-refractivity contribution >= 4 is 23.1 Å². The van der Waals surface area contributed by atoms with Crippen molar-refractivity contribution in [2.75, 3.05) is 29.2 Å². The summed E-state index contributed by atoms with van der Waals surface area (Å²) in [7, 11) is 0. The standard InChI is InChI=1S/C13H22N2OS/c1-4-16-13-8-11(6-7-12(13)14)15-10(3)9-17-5-2/h6-8,10,15H,4-5,9,14H2,1-3H3. The molecule has 3 nitrogen and oxygen atoms in total. The van der Waals surface area contributed by atoms with Crippen molar-refractivity contribution in [1.29, 1.82) is 0 Å². The molecule has 3 N–H and O–H groups in total. The SMILES string of the molecule is CCOc1cc(NC(C)CSCC)ccc1N. The first-order valence-corrected chi connectivity index (χ1v) is 7.19. The van der Waals surface area contributed by atoms with E-state index in [1.165, 1.54) is 0 Å². The van der Waals surface area contributed by atoms with E-state index < -0.39 is 0 Å². The molecule has 0 aliphatic rings. The molecule has 1 aromatic carbocycles. The Morgan fingerprint density at radius 3 is 2.82 bits per heavy atom. The Labute approximate surface area is 108 Å². The van der Waals surface area contributed by atoms with Crippen molar-refractivity contribution in [2.45, 2.75) is 26.8 Å². The van der Waals surface area contributed by atoms with Crippen molar-refractivity contribution in [2.24, 2.45) is 0 Å². The predicted octanol–water partition coefficient (Wildman–Crippen LogP) is 3.22. The molecule has 1 unspecified atom stereocenters. The van der Waals surface area contributed by atoms with E-state index in [1.54, 1.807) is 0 Å². The number of thioether (sulfide) groups is 1. The normalized spacial score (nSPS) is 12.2. The highest BCUT2D eigenvalue weighted by Crippen LogP contribution is 2.26. The number of nitrogen functional groups attached to an aromatic ring is 1. The number of benzene rings is 1. The van der Waals surface area contributed by atoms with Crippen molar-refractivity contribution < 1.29 is 4.74 Å². The van der Waals surface area contributed by atoms with Crippen LogP contribution >= 0.6 is 11.8 Å². The highest BCUT2D eigenvalue weighted by molar-refractivity contribution is 7.99. The van der Waals surface area contributed by atoms with Crippen LogP contribution in [0.1, 0.15) is 20.8 Å². The topological polar surface area (TPSA) is 47.3 Å². The van der Waals surface area contributed by atoms with Crippen LogP contribution in [0.25, 0.3) is 0 Å². The van der Waals surface area contributed by atoms with Crippen LogP contribution in [0.2, 0.25) is 0 Å². The quantitative estimate of drug-likeness (QED) is 0.733. The molecular weight excluding hydrogens is 232 g/mol. The maximum Gasteiger partial charge on any atom is 0.144 e. The summed E-state index contributed by atoms with van der Waals surface area (Å²) in [5.41, 5.74) is 7.58. The average Bonchev–Trinajstić information content (AvgIpc) is 2.31. The zero-order chi connectivity index (χ0) is 12.7. The first-order valence-electron chi connectivity index (χ1n) is 6.04. The van der Waals surface area contributed by atoms with Crippen LogP contribution in [0.3, 0.4) is 0 Å². The van der Waals surface area contributed by atoms with Gasteiger partial charge in [-0.3, -0.25) is 0 Å². The summed E-state index contributed by atoms with van der Waals surface area (Å²) in [6.07, 6.45) is 0. The van der Waals surface area contributed by atoms with E-state index in [-0.39, 0.29) is 0 Å². The molecule has 1 aromatic rings. The fourth-order valence-corrected chi connectivity index (χ4v) is 2.20. The van der Waals surface area contributed by atoms with Crippen LogP contribution in [0.5, 0.6) is 5.75 Å². The van der Waals surface area contributed by atoms with E-state index in [2.05, 4.69) is 19.2 Å². The molecule has 0 heterocycles. The number of rotatable bonds is 7. The first kappa shape index (κ1) is 14.0. The Morgan fingerprint density at radius 1 is 1.41 bits per heavy atom. The monoisotopic (exact) mass is 254 g/mol. The van der Waals surface area contributed by atoms with Gasteiger partial charge in [0.05, 0.1) is 12.3 Å². The van der Waals surface area contributed by atoms with Crippen LogP contribution < -0.4 is 15.8 Å².